The fourth-order valence-electron chi connectivity index (χ4n) is 2.68. The number of halogens is 1. The normalized spacial score (nSPS) is 19.0. The zero-order valence-corrected chi connectivity index (χ0v) is 12.7. The summed E-state index contributed by atoms with van der Waals surface area (Å²) in [5.74, 6) is 0.0610. The summed E-state index contributed by atoms with van der Waals surface area (Å²) in [6.45, 7) is 6.08. The molecule has 3 nitrogen and oxygen atoms in total. The Kier molecular flexibility index (Phi) is 5.00. The van der Waals surface area contributed by atoms with E-state index in [4.69, 9.17) is 4.74 Å². The topological polar surface area (TPSA) is 24.5 Å². The summed E-state index contributed by atoms with van der Waals surface area (Å²) in [6.07, 6.45) is 2.38. The third-order valence-corrected chi connectivity index (χ3v) is 4.32. The molecule has 1 aromatic carbocycles. The molecular weight excluding hydrogens is 255 g/mol. The number of rotatable bonds is 5. The Hall–Kier alpha value is -1.13. The Balaban J connectivity index is 1.87. The van der Waals surface area contributed by atoms with Gasteiger partial charge in [0.25, 0.3) is 0 Å². The monoisotopic (exact) mass is 280 g/mol. The van der Waals surface area contributed by atoms with Gasteiger partial charge >= 0.3 is 0 Å². The molecule has 1 aliphatic rings. The number of likely N-dealkylation sites (tertiary alicyclic amines) is 1. The average molecular weight is 280 g/mol. The standard InChI is InChI=1S/C16H25FN2O/c1-16(7-9-19(2)10-8-16)12-18-11-13-5-4-6-14(20-3)15(13)17/h4-6,18H,7-12H2,1-3H3. The highest BCUT2D eigenvalue weighted by Crippen LogP contribution is 2.29. The number of nitrogens with zero attached hydrogens (tertiary/aromatic N) is 1. The first-order chi connectivity index (χ1) is 9.54. The zero-order chi connectivity index (χ0) is 14.6. The summed E-state index contributed by atoms with van der Waals surface area (Å²) in [5.41, 5.74) is 0.989. The van der Waals surface area contributed by atoms with Crippen molar-refractivity contribution in [2.24, 2.45) is 5.41 Å². The van der Waals surface area contributed by atoms with E-state index in [0.29, 0.717) is 23.3 Å². The Morgan fingerprint density at radius 2 is 2.05 bits per heavy atom. The van der Waals surface area contributed by atoms with Crippen molar-refractivity contribution in [2.45, 2.75) is 26.3 Å². The van der Waals surface area contributed by atoms with Crippen molar-refractivity contribution >= 4 is 0 Å². The van der Waals surface area contributed by atoms with Gasteiger partial charge in [-0.3, -0.25) is 0 Å². The minimum Gasteiger partial charge on any atom is -0.494 e. The van der Waals surface area contributed by atoms with Gasteiger partial charge in [0, 0.05) is 18.7 Å². The molecule has 1 heterocycles. The van der Waals surface area contributed by atoms with Gasteiger partial charge in [0.2, 0.25) is 0 Å². The summed E-state index contributed by atoms with van der Waals surface area (Å²) in [7, 11) is 3.66. The van der Waals surface area contributed by atoms with Crippen LogP contribution >= 0.6 is 0 Å². The number of hydrogen-bond donors (Lipinski definition) is 1. The number of hydrogen-bond acceptors (Lipinski definition) is 3. The van der Waals surface area contributed by atoms with Gasteiger partial charge in [0.05, 0.1) is 7.11 Å². The van der Waals surface area contributed by atoms with Crippen molar-refractivity contribution in [1.29, 1.82) is 0 Å². The maximum atomic E-state index is 14.0. The lowest BCUT2D eigenvalue weighted by Gasteiger charge is -2.38. The Bertz CT molecular complexity index is 442. The lowest BCUT2D eigenvalue weighted by molar-refractivity contribution is 0.136. The summed E-state index contributed by atoms with van der Waals surface area (Å²) in [5, 5.41) is 3.40. The van der Waals surface area contributed by atoms with Crippen LogP contribution < -0.4 is 10.1 Å². The minimum atomic E-state index is -0.254. The largest absolute Gasteiger partial charge is 0.494 e. The molecule has 1 aromatic rings. The molecule has 0 atom stereocenters. The highest BCUT2D eigenvalue weighted by atomic mass is 19.1. The Morgan fingerprint density at radius 1 is 1.35 bits per heavy atom. The summed E-state index contributed by atoms with van der Waals surface area (Å²) in [6, 6.07) is 5.29. The maximum absolute atomic E-state index is 14.0. The van der Waals surface area contributed by atoms with Crippen molar-refractivity contribution in [3.8, 4) is 5.75 Å². The first kappa shape index (κ1) is 15.3. The summed E-state index contributed by atoms with van der Waals surface area (Å²) < 4.78 is 19.0. The van der Waals surface area contributed by atoms with E-state index in [0.717, 1.165) is 19.6 Å². The smallest absolute Gasteiger partial charge is 0.169 e. The summed E-state index contributed by atoms with van der Waals surface area (Å²) >= 11 is 0. The molecule has 0 unspecified atom stereocenters. The van der Waals surface area contributed by atoms with Crippen LogP contribution in [0.4, 0.5) is 4.39 Å². The minimum absolute atomic E-state index is 0.254. The van der Waals surface area contributed by atoms with E-state index in [2.05, 4.69) is 24.2 Å². The fourth-order valence-corrected chi connectivity index (χ4v) is 2.68. The number of benzene rings is 1. The average Bonchev–Trinajstić information content (AvgIpc) is 2.44. The van der Waals surface area contributed by atoms with Crippen LogP contribution in [0.1, 0.15) is 25.3 Å². The van der Waals surface area contributed by atoms with E-state index < -0.39 is 0 Å². The van der Waals surface area contributed by atoms with E-state index >= 15 is 0 Å². The molecule has 1 aliphatic heterocycles. The van der Waals surface area contributed by atoms with E-state index in [1.807, 2.05) is 12.1 Å². The molecule has 0 aromatic heterocycles. The van der Waals surface area contributed by atoms with E-state index in [-0.39, 0.29) is 5.82 Å². The molecule has 112 valence electrons. The zero-order valence-electron chi connectivity index (χ0n) is 12.7. The molecule has 2 rings (SSSR count). The highest BCUT2D eigenvalue weighted by molar-refractivity contribution is 5.30. The number of ether oxygens (including phenoxy) is 1. The lowest BCUT2D eigenvalue weighted by atomic mass is 9.80. The van der Waals surface area contributed by atoms with Crippen LogP contribution in [0.2, 0.25) is 0 Å². The van der Waals surface area contributed by atoms with Crippen LogP contribution in [0.3, 0.4) is 0 Å². The van der Waals surface area contributed by atoms with Gasteiger partial charge in [-0.2, -0.15) is 0 Å². The van der Waals surface area contributed by atoms with Gasteiger partial charge in [-0.1, -0.05) is 19.1 Å². The lowest BCUT2D eigenvalue weighted by Crippen LogP contribution is -2.41. The van der Waals surface area contributed by atoms with Gasteiger partial charge in [-0.25, -0.2) is 4.39 Å². The Labute approximate surface area is 121 Å². The molecule has 1 N–H and O–H groups in total. The van der Waals surface area contributed by atoms with E-state index in [1.54, 1.807) is 6.07 Å². The molecule has 0 saturated carbocycles. The third-order valence-electron chi connectivity index (χ3n) is 4.32. The molecule has 20 heavy (non-hydrogen) atoms. The predicted molar refractivity (Wildman–Crippen MR) is 79.5 cm³/mol. The number of piperidine rings is 1. The quantitative estimate of drug-likeness (QED) is 0.897. The molecule has 0 spiro atoms. The summed E-state index contributed by atoms with van der Waals surface area (Å²) in [4.78, 5) is 2.36. The van der Waals surface area contributed by atoms with Gasteiger partial charge in [0.1, 0.15) is 0 Å². The second-order valence-electron chi connectivity index (χ2n) is 6.15. The molecule has 1 saturated heterocycles. The van der Waals surface area contributed by atoms with Crippen molar-refractivity contribution in [2.75, 3.05) is 33.8 Å². The highest BCUT2D eigenvalue weighted by Gasteiger charge is 2.28. The molecule has 4 heteroatoms. The molecule has 1 fully saturated rings. The fraction of sp³-hybridized carbons (Fsp3) is 0.625. The van der Waals surface area contributed by atoms with Crippen LogP contribution in [0.25, 0.3) is 0 Å². The third kappa shape index (κ3) is 3.70. The van der Waals surface area contributed by atoms with Crippen molar-refractivity contribution < 1.29 is 9.13 Å². The number of methoxy groups -OCH3 is 1. The van der Waals surface area contributed by atoms with Crippen molar-refractivity contribution in [3.05, 3.63) is 29.6 Å². The van der Waals surface area contributed by atoms with E-state index in [9.17, 15) is 4.39 Å². The van der Waals surface area contributed by atoms with Gasteiger partial charge in [-0.05, 0) is 44.5 Å². The predicted octanol–water partition coefficient (Wildman–Crippen LogP) is 2.66. The van der Waals surface area contributed by atoms with Gasteiger partial charge in [-0.15, -0.1) is 0 Å². The SMILES string of the molecule is COc1cccc(CNCC2(C)CCN(C)CC2)c1F. The van der Waals surface area contributed by atoms with Crippen molar-refractivity contribution in [1.82, 2.24) is 10.2 Å². The van der Waals surface area contributed by atoms with Crippen LogP contribution in [0, 0.1) is 11.2 Å². The van der Waals surface area contributed by atoms with Gasteiger partial charge in [0.15, 0.2) is 11.6 Å². The maximum Gasteiger partial charge on any atom is 0.169 e. The molecular formula is C16H25FN2O. The van der Waals surface area contributed by atoms with E-state index in [1.165, 1.54) is 20.0 Å². The van der Waals surface area contributed by atoms with Crippen LogP contribution in [-0.2, 0) is 6.54 Å². The van der Waals surface area contributed by atoms with Crippen LogP contribution in [0.15, 0.2) is 18.2 Å². The first-order valence-electron chi connectivity index (χ1n) is 7.25. The molecule has 0 radical (unpaired) electrons. The van der Waals surface area contributed by atoms with Crippen LogP contribution in [0.5, 0.6) is 5.75 Å². The van der Waals surface area contributed by atoms with Crippen LogP contribution in [-0.4, -0.2) is 38.7 Å². The second kappa shape index (κ2) is 6.55. The Morgan fingerprint density at radius 3 is 2.70 bits per heavy atom. The number of nitrogens with one attached hydrogen (secondary N) is 1. The van der Waals surface area contributed by atoms with Gasteiger partial charge < -0.3 is 15.0 Å². The molecule has 0 aliphatic carbocycles. The van der Waals surface area contributed by atoms with Crippen molar-refractivity contribution in [3.63, 3.8) is 0 Å². The second-order valence-corrected chi connectivity index (χ2v) is 6.15. The molecule has 0 amide bonds. The first-order valence-corrected chi connectivity index (χ1v) is 7.25. The molecule has 0 bridgehead atoms.